The summed E-state index contributed by atoms with van der Waals surface area (Å²) in [7, 11) is 0. The molecule has 2 aromatic heterocycles. The van der Waals surface area contributed by atoms with E-state index in [1.165, 1.54) is 19.1 Å². The van der Waals surface area contributed by atoms with Crippen molar-refractivity contribution in [3.05, 3.63) is 28.4 Å². The molecule has 8 nitrogen and oxygen atoms in total. The summed E-state index contributed by atoms with van der Waals surface area (Å²) in [5.41, 5.74) is 0.244. The van der Waals surface area contributed by atoms with Gasteiger partial charge < -0.3 is 20.2 Å². The Balaban J connectivity index is 2.03. The standard InChI is InChI=1S/C11H10F3N5O3S/c1-6(16-10(23)11(12,13)14)5-22-8-3-2-7-15-4-9(19(20)21)18(7)17-8/h2-4,6H,5H2,1H3,(H,16,23)/t6-/m1/s1. The largest absolute Gasteiger partial charge is 0.473 e. The number of halogens is 3. The van der Waals surface area contributed by atoms with Crippen molar-refractivity contribution in [1.82, 2.24) is 19.9 Å². The van der Waals surface area contributed by atoms with Crippen molar-refractivity contribution in [1.29, 1.82) is 0 Å². The van der Waals surface area contributed by atoms with Gasteiger partial charge in [0.2, 0.25) is 5.65 Å². The number of rotatable bonds is 5. The van der Waals surface area contributed by atoms with Crippen LogP contribution >= 0.6 is 12.2 Å². The molecule has 0 bridgehead atoms. The molecule has 1 atom stereocenters. The van der Waals surface area contributed by atoms with Crippen LogP contribution in [0, 0.1) is 10.1 Å². The molecular formula is C11H10F3N5O3S. The number of nitrogens with one attached hydrogen (secondary N) is 1. The smallest absolute Gasteiger partial charge is 0.441 e. The van der Waals surface area contributed by atoms with Gasteiger partial charge in [-0.1, -0.05) is 16.7 Å². The molecule has 0 amide bonds. The van der Waals surface area contributed by atoms with Crippen LogP contribution in [-0.4, -0.2) is 43.3 Å². The molecule has 0 aliphatic heterocycles. The minimum atomic E-state index is -4.61. The van der Waals surface area contributed by atoms with Crippen molar-refractivity contribution in [3.8, 4) is 5.88 Å². The van der Waals surface area contributed by atoms with Crippen LogP contribution in [0.3, 0.4) is 0 Å². The van der Waals surface area contributed by atoms with Gasteiger partial charge in [0.25, 0.3) is 5.88 Å². The Bertz CT molecular complexity index is 748. The molecule has 0 aliphatic carbocycles. The van der Waals surface area contributed by atoms with Crippen LogP contribution in [-0.2, 0) is 0 Å². The number of nitrogens with zero attached hydrogens (tertiary/aromatic N) is 4. The summed E-state index contributed by atoms with van der Waals surface area (Å²) >= 11 is 4.20. The Kier molecular flexibility index (Phi) is 4.63. The maximum atomic E-state index is 12.3. The lowest BCUT2D eigenvalue weighted by Crippen LogP contribution is -2.43. The number of aromatic nitrogens is 3. The van der Waals surface area contributed by atoms with Crippen LogP contribution in [0.1, 0.15) is 6.92 Å². The Morgan fingerprint density at radius 2 is 2.26 bits per heavy atom. The molecule has 2 aromatic rings. The average molecular weight is 349 g/mol. The molecule has 124 valence electrons. The van der Waals surface area contributed by atoms with Crippen LogP contribution in [0.15, 0.2) is 18.3 Å². The second kappa shape index (κ2) is 6.32. The molecule has 2 heterocycles. The minimum Gasteiger partial charge on any atom is -0.473 e. The van der Waals surface area contributed by atoms with E-state index >= 15 is 0 Å². The van der Waals surface area contributed by atoms with Crippen molar-refractivity contribution in [2.24, 2.45) is 0 Å². The Labute approximate surface area is 132 Å². The highest BCUT2D eigenvalue weighted by atomic mass is 32.1. The van der Waals surface area contributed by atoms with Gasteiger partial charge in [-0.2, -0.15) is 13.2 Å². The van der Waals surface area contributed by atoms with E-state index in [0.29, 0.717) is 0 Å². The molecule has 1 N–H and O–H groups in total. The van der Waals surface area contributed by atoms with Crippen molar-refractivity contribution in [2.45, 2.75) is 19.1 Å². The first-order valence-electron chi connectivity index (χ1n) is 6.18. The Morgan fingerprint density at radius 1 is 1.57 bits per heavy atom. The van der Waals surface area contributed by atoms with Crippen LogP contribution in [0.5, 0.6) is 5.88 Å². The van der Waals surface area contributed by atoms with Crippen molar-refractivity contribution < 1.29 is 22.8 Å². The molecule has 12 heteroatoms. The number of fused-ring (bicyclic) bond motifs is 1. The minimum absolute atomic E-state index is 0.00479. The number of thiocarbonyl (C=S) groups is 1. The summed E-state index contributed by atoms with van der Waals surface area (Å²) in [6, 6.07) is 2.11. The molecule has 0 aromatic carbocycles. The first-order valence-corrected chi connectivity index (χ1v) is 6.59. The maximum absolute atomic E-state index is 12.3. The van der Waals surface area contributed by atoms with E-state index in [1.807, 2.05) is 0 Å². The molecule has 0 radical (unpaired) electrons. The number of hydrogen-bond acceptors (Lipinski definition) is 6. The fourth-order valence-electron chi connectivity index (χ4n) is 1.60. The normalized spacial score (nSPS) is 12.9. The number of nitro groups is 1. The highest BCUT2D eigenvalue weighted by Crippen LogP contribution is 2.17. The van der Waals surface area contributed by atoms with Crippen LogP contribution in [0.25, 0.3) is 5.65 Å². The third kappa shape index (κ3) is 4.03. The van der Waals surface area contributed by atoms with E-state index < -0.39 is 22.1 Å². The Morgan fingerprint density at radius 3 is 2.87 bits per heavy atom. The monoisotopic (exact) mass is 349 g/mol. The first kappa shape index (κ1) is 16.9. The predicted molar refractivity (Wildman–Crippen MR) is 76.4 cm³/mol. The molecular weight excluding hydrogens is 339 g/mol. The topological polar surface area (TPSA) is 94.6 Å². The number of ether oxygens (including phenoxy) is 1. The molecule has 23 heavy (non-hydrogen) atoms. The molecule has 0 aliphatic rings. The van der Waals surface area contributed by atoms with Gasteiger partial charge >= 0.3 is 12.0 Å². The molecule has 0 fully saturated rings. The zero-order chi connectivity index (χ0) is 17.2. The number of alkyl halides is 3. The zero-order valence-corrected chi connectivity index (χ0v) is 12.4. The molecule has 2 rings (SSSR count). The van der Waals surface area contributed by atoms with Crippen molar-refractivity contribution in [2.75, 3.05) is 6.61 Å². The van der Waals surface area contributed by atoms with Crippen LogP contribution in [0.2, 0.25) is 0 Å². The lowest BCUT2D eigenvalue weighted by Gasteiger charge is -2.17. The van der Waals surface area contributed by atoms with E-state index in [2.05, 4.69) is 27.6 Å². The highest BCUT2D eigenvalue weighted by Gasteiger charge is 2.34. The van der Waals surface area contributed by atoms with Crippen molar-refractivity contribution in [3.63, 3.8) is 0 Å². The molecule has 0 saturated carbocycles. The van der Waals surface area contributed by atoms with E-state index in [-0.39, 0.29) is 24.0 Å². The van der Waals surface area contributed by atoms with Crippen LogP contribution in [0.4, 0.5) is 19.0 Å². The average Bonchev–Trinajstić information content (AvgIpc) is 2.87. The van der Waals surface area contributed by atoms with Gasteiger partial charge in [-0.25, -0.2) is 4.98 Å². The van der Waals surface area contributed by atoms with Gasteiger partial charge in [0.15, 0.2) is 4.99 Å². The summed E-state index contributed by atoms with van der Waals surface area (Å²) < 4.78 is 43.1. The van der Waals surface area contributed by atoms with E-state index in [0.717, 1.165) is 10.7 Å². The summed E-state index contributed by atoms with van der Waals surface area (Å²) in [6.07, 6.45) is -3.57. The van der Waals surface area contributed by atoms with E-state index in [1.54, 1.807) is 0 Å². The summed E-state index contributed by atoms with van der Waals surface area (Å²) in [5.74, 6) is -0.347. The van der Waals surface area contributed by atoms with Crippen molar-refractivity contribution >= 4 is 28.7 Å². The summed E-state index contributed by atoms with van der Waals surface area (Å²) in [4.78, 5) is 12.7. The van der Waals surface area contributed by atoms with Gasteiger partial charge in [0.1, 0.15) is 12.8 Å². The summed E-state index contributed by atoms with van der Waals surface area (Å²) in [6.45, 7) is 1.27. The predicted octanol–water partition coefficient (Wildman–Crippen LogP) is 1.88. The molecule has 0 unspecified atom stereocenters. The third-order valence-electron chi connectivity index (χ3n) is 2.62. The van der Waals surface area contributed by atoms with Gasteiger partial charge in [-0.15, -0.1) is 0 Å². The third-order valence-corrected chi connectivity index (χ3v) is 2.97. The van der Waals surface area contributed by atoms with Gasteiger partial charge in [0.05, 0.1) is 6.04 Å². The molecule has 0 spiro atoms. The summed E-state index contributed by atoms with van der Waals surface area (Å²) in [5, 5.41) is 16.7. The lowest BCUT2D eigenvalue weighted by atomic mass is 10.3. The van der Waals surface area contributed by atoms with Crippen LogP contribution < -0.4 is 10.1 Å². The number of imidazole rings is 1. The maximum Gasteiger partial charge on any atom is 0.441 e. The Hall–Kier alpha value is -2.50. The zero-order valence-electron chi connectivity index (χ0n) is 11.6. The SMILES string of the molecule is C[C@H](COc1ccc2ncc([N+](=O)[O-])n2n1)NC(=S)C(F)(F)F. The van der Waals surface area contributed by atoms with E-state index in [9.17, 15) is 23.3 Å². The number of hydrogen-bond donors (Lipinski definition) is 1. The second-order valence-electron chi connectivity index (χ2n) is 4.50. The van der Waals surface area contributed by atoms with E-state index in [4.69, 9.17) is 4.74 Å². The van der Waals surface area contributed by atoms with Gasteiger partial charge in [0, 0.05) is 12.1 Å². The fraction of sp³-hybridized carbons (Fsp3) is 0.364. The second-order valence-corrected chi connectivity index (χ2v) is 4.91. The molecule has 0 saturated heterocycles. The lowest BCUT2D eigenvalue weighted by molar-refractivity contribution is -0.391. The quantitative estimate of drug-likeness (QED) is 0.500. The fourth-order valence-corrected chi connectivity index (χ4v) is 1.80. The highest BCUT2D eigenvalue weighted by molar-refractivity contribution is 7.80. The van der Waals surface area contributed by atoms with Gasteiger partial charge in [-0.3, -0.25) is 0 Å². The first-order chi connectivity index (χ1) is 10.7. The van der Waals surface area contributed by atoms with Gasteiger partial charge in [-0.05, 0) is 16.9 Å².